The Morgan fingerprint density at radius 3 is 2.69 bits per heavy atom. The Hall–Kier alpha value is -1.76. The first kappa shape index (κ1) is 19.0. The molecule has 0 radical (unpaired) electrons. The van der Waals surface area contributed by atoms with E-state index in [4.69, 9.17) is 16.3 Å². The molecule has 2 aromatic carbocycles. The highest BCUT2D eigenvalue weighted by atomic mass is 35.5. The third kappa shape index (κ3) is 4.69. The molecule has 0 aromatic heterocycles. The van der Waals surface area contributed by atoms with Gasteiger partial charge < -0.3 is 9.64 Å². The molecule has 1 fully saturated rings. The fourth-order valence-electron chi connectivity index (χ4n) is 3.30. The molecule has 0 saturated carbocycles. The highest BCUT2D eigenvalue weighted by molar-refractivity contribution is 7.88. The molecule has 1 aliphatic heterocycles. The maximum absolute atomic E-state index is 12.6. The second-order valence-electron chi connectivity index (χ2n) is 6.43. The van der Waals surface area contributed by atoms with Crippen molar-refractivity contribution in [3.8, 4) is 5.75 Å². The van der Waals surface area contributed by atoms with Crippen molar-refractivity contribution in [3.05, 3.63) is 59.1 Å². The van der Waals surface area contributed by atoms with Gasteiger partial charge in [-0.2, -0.15) is 0 Å². The molecule has 5 nitrogen and oxygen atoms in total. The van der Waals surface area contributed by atoms with Crippen LogP contribution < -0.4 is 14.4 Å². The predicted octanol–water partition coefficient (Wildman–Crippen LogP) is 3.44. The lowest BCUT2D eigenvalue weighted by Gasteiger charge is -2.35. The molecular weight excluding hydrogens is 372 g/mol. The van der Waals surface area contributed by atoms with Crippen molar-refractivity contribution in [3.63, 3.8) is 0 Å². The number of sulfonamides is 1. The number of hydrogen-bond donors (Lipinski definition) is 1. The maximum atomic E-state index is 12.6. The lowest BCUT2D eigenvalue weighted by molar-refractivity contribution is 0.409. The number of piperidine rings is 1. The van der Waals surface area contributed by atoms with Gasteiger partial charge in [0.15, 0.2) is 0 Å². The van der Waals surface area contributed by atoms with Crippen LogP contribution in [0.3, 0.4) is 0 Å². The summed E-state index contributed by atoms with van der Waals surface area (Å²) in [6.45, 7) is 1.49. The molecule has 1 aliphatic rings. The SMILES string of the molecule is COc1ccccc1N1CCCC(NS(=O)(=O)Cc2ccccc2Cl)C1. The van der Waals surface area contributed by atoms with Crippen LogP contribution in [-0.2, 0) is 15.8 Å². The molecule has 26 heavy (non-hydrogen) atoms. The van der Waals surface area contributed by atoms with Gasteiger partial charge in [-0.1, -0.05) is 41.9 Å². The van der Waals surface area contributed by atoms with Crippen molar-refractivity contribution in [2.75, 3.05) is 25.1 Å². The molecular formula is C19H23ClN2O3S. The zero-order valence-corrected chi connectivity index (χ0v) is 16.3. The van der Waals surface area contributed by atoms with Gasteiger partial charge >= 0.3 is 0 Å². The Labute approximate surface area is 160 Å². The molecule has 1 N–H and O–H groups in total. The fraction of sp³-hybridized carbons (Fsp3) is 0.368. The van der Waals surface area contributed by atoms with Crippen molar-refractivity contribution in [2.24, 2.45) is 0 Å². The summed E-state index contributed by atoms with van der Waals surface area (Å²) in [5, 5.41) is 0.470. The normalized spacial score (nSPS) is 17.9. The van der Waals surface area contributed by atoms with Crippen molar-refractivity contribution in [1.29, 1.82) is 0 Å². The molecule has 1 unspecified atom stereocenters. The number of para-hydroxylation sites is 2. The van der Waals surface area contributed by atoms with Crippen LogP contribution in [-0.4, -0.2) is 34.7 Å². The van der Waals surface area contributed by atoms with Crippen LogP contribution in [0.2, 0.25) is 5.02 Å². The van der Waals surface area contributed by atoms with Gasteiger partial charge in [-0.05, 0) is 36.6 Å². The molecule has 3 rings (SSSR count). The number of ether oxygens (including phenoxy) is 1. The van der Waals surface area contributed by atoms with E-state index in [-0.39, 0.29) is 11.8 Å². The van der Waals surface area contributed by atoms with Crippen LogP contribution >= 0.6 is 11.6 Å². The van der Waals surface area contributed by atoms with E-state index in [1.807, 2.05) is 24.3 Å². The zero-order chi connectivity index (χ0) is 18.6. The number of rotatable bonds is 6. The number of benzene rings is 2. The first-order valence-electron chi connectivity index (χ1n) is 8.60. The number of nitrogens with one attached hydrogen (secondary N) is 1. The van der Waals surface area contributed by atoms with Gasteiger partial charge in [0, 0.05) is 24.2 Å². The van der Waals surface area contributed by atoms with Crippen LogP contribution in [0.25, 0.3) is 0 Å². The van der Waals surface area contributed by atoms with Crippen LogP contribution in [0.5, 0.6) is 5.75 Å². The number of methoxy groups -OCH3 is 1. The topological polar surface area (TPSA) is 58.6 Å². The van der Waals surface area contributed by atoms with E-state index in [0.717, 1.165) is 30.8 Å². The Morgan fingerprint density at radius 1 is 1.19 bits per heavy atom. The molecule has 7 heteroatoms. The average molecular weight is 395 g/mol. The van der Waals surface area contributed by atoms with Crippen molar-refractivity contribution in [1.82, 2.24) is 4.72 Å². The third-order valence-corrected chi connectivity index (χ3v) is 6.25. The molecule has 1 saturated heterocycles. The first-order valence-corrected chi connectivity index (χ1v) is 10.6. The van der Waals surface area contributed by atoms with Gasteiger partial charge in [0.05, 0.1) is 18.6 Å². The van der Waals surface area contributed by atoms with Gasteiger partial charge in [0.25, 0.3) is 0 Å². The van der Waals surface area contributed by atoms with Crippen LogP contribution in [0.15, 0.2) is 48.5 Å². The van der Waals surface area contributed by atoms with E-state index in [0.29, 0.717) is 17.1 Å². The molecule has 1 atom stereocenters. The van der Waals surface area contributed by atoms with Crippen molar-refractivity contribution < 1.29 is 13.2 Å². The highest BCUT2D eigenvalue weighted by Crippen LogP contribution is 2.30. The van der Waals surface area contributed by atoms with E-state index in [1.54, 1.807) is 31.4 Å². The van der Waals surface area contributed by atoms with Crippen LogP contribution in [0.4, 0.5) is 5.69 Å². The number of hydrogen-bond acceptors (Lipinski definition) is 4. The monoisotopic (exact) mass is 394 g/mol. The van der Waals surface area contributed by atoms with E-state index >= 15 is 0 Å². The summed E-state index contributed by atoms with van der Waals surface area (Å²) in [6, 6.07) is 14.7. The summed E-state index contributed by atoms with van der Waals surface area (Å²) in [6.07, 6.45) is 1.73. The summed E-state index contributed by atoms with van der Waals surface area (Å²) in [5.74, 6) is 0.685. The average Bonchev–Trinajstić information content (AvgIpc) is 2.63. The minimum atomic E-state index is -3.47. The lowest BCUT2D eigenvalue weighted by atomic mass is 10.1. The molecule has 0 aliphatic carbocycles. The summed E-state index contributed by atoms with van der Waals surface area (Å²) in [5.41, 5.74) is 1.60. The van der Waals surface area contributed by atoms with Gasteiger partial charge in [-0.25, -0.2) is 13.1 Å². The molecule has 0 bridgehead atoms. The summed E-state index contributed by atoms with van der Waals surface area (Å²) < 4.78 is 33.4. The molecule has 0 spiro atoms. The second kappa shape index (κ2) is 8.29. The molecule has 140 valence electrons. The van der Waals surface area contributed by atoms with Gasteiger partial charge in [-0.15, -0.1) is 0 Å². The highest BCUT2D eigenvalue weighted by Gasteiger charge is 2.26. The largest absolute Gasteiger partial charge is 0.495 e. The number of anilines is 1. The molecule has 2 aromatic rings. The van der Waals surface area contributed by atoms with E-state index in [2.05, 4.69) is 9.62 Å². The summed E-state index contributed by atoms with van der Waals surface area (Å²) >= 11 is 6.10. The van der Waals surface area contributed by atoms with Crippen molar-refractivity contribution >= 4 is 27.3 Å². The lowest BCUT2D eigenvalue weighted by Crippen LogP contribution is -2.48. The fourth-order valence-corrected chi connectivity index (χ4v) is 5.03. The van der Waals surface area contributed by atoms with E-state index in [1.165, 1.54) is 0 Å². The van der Waals surface area contributed by atoms with Crippen LogP contribution in [0.1, 0.15) is 18.4 Å². The Morgan fingerprint density at radius 2 is 1.92 bits per heavy atom. The van der Waals surface area contributed by atoms with Gasteiger partial charge in [0.1, 0.15) is 5.75 Å². The van der Waals surface area contributed by atoms with E-state index in [9.17, 15) is 8.42 Å². The molecule has 1 heterocycles. The smallest absolute Gasteiger partial charge is 0.216 e. The minimum Gasteiger partial charge on any atom is -0.495 e. The standard InChI is InChI=1S/C19H23ClN2O3S/c1-25-19-11-5-4-10-18(19)22-12-6-8-16(13-22)21-26(23,24)14-15-7-2-3-9-17(15)20/h2-5,7,9-11,16,21H,6,8,12-14H2,1H3. The van der Waals surface area contributed by atoms with Crippen molar-refractivity contribution in [2.45, 2.75) is 24.6 Å². The maximum Gasteiger partial charge on any atom is 0.216 e. The molecule has 0 amide bonds. The summed E-state index contributed by atoms with van der Waals surface area (Å²) in [7, 11) is -1.83. The Kier molecular flexibility index (Phi) is 6.06. The predicted molar refractivity (Wildman–Crippen MR) is 105 cm³/mol. The Balaban J connectivity index is 1.69. The third-order valence-electron chi connectivity index (χ3n) is 4.50. The Bertz CT molecular complexity index is 857. The minimum absolute atomic E-state index is 0.113. The zero-order valence-electron chi connectivity index (χ0n) is 14.7. The number of nitrogens with zero attached hydrogens (tertiary/aromatic N) is 1. The quantitative estimate of drug-likeness (QED) is 0.815. The second-order valence-corrected chi connectivity index (χ2v) is 8.59. The van der Waals surface area contributed by atoms with Gasteiger partial charge in [-0.3, -0.25) is 0 Å². The first-order chi connectivity index (χ1) is 12.5. The van der Waals surface area contributed by atoms with Crippen LogP contribution in [0, 0.1) is 0 Å². The summed E-state index contributed by atoms with van der Waals surface area (Å²) in [4.78, 5) is 2.17. The van der Waals surface area contributed by atoms with E-state index < -0.39 is 10.0 Å². The number of halogens is 1. The van der Waals surface area contributed by atoms with Gasteiger partial charge in [0.2, 0.25) is 10.0 Å².